The lowest BCUT2D eigenvalue weighted by Gasteiger charge is -2.16. The number of halogens is 1. The zero-order chi connectivity index (χ0) is 13.8. The number of anilines is 1. The normalized spacial score (nSPS) is 12.8. The second-order valence-electron chi connectivity index (χ2n) is 4.05. The highest BCUT2D eigenvalue weighted by atomic mass is 35.5. The van der Waals surface area contributed by atoms with E-state index in [0.717, 1.165) is 0 Å². The molecule has 6 heteroatoms. The molecule has 1 aromatic rings. The first-order valence-corrected chi connectivity index (χ1v) is 7.74. The topological polar surface area (TPSA) is 70.0 Å². The average Bonchev–Trinajstić information content (AvgIpc) is 2.31. The molecule has 0 heterocycles. The summed E-state index contributed by atoms with van der Waals surface area (Å²) in [5, 5.41) is 12.3. The van der Waals surface area contributed by atoms with Crippen LogP contribution in [0.2, 0.25) is 5.02 Å². The standard InChI is InChI=1S/C12H15ClN2O2S/c1-3-18(16,17)8-9(2)15-12-6-10(7-14)4-5-11(12)13/h4-6,9,15H,3,8H2,1-2H3. The Hall–Kier alpha value is -1.25. The molecule has 0 aliphatic carbocycles. The van der Waals surface area contributed by atoms with Crippen LogP contribution in [-0.4, -0.2) is 26.0 Å². The molecule has 1 unspecified atom stereocenters. The third-order valence-electron chi connectivity index (χ3n) is 2.44. The molecule has 1 N–H and O–H groups in total. The second-order valence-corrected chi connectivity index (χ2v) is 6.86. The maximum Gasteiger partial charge on any atom is 0.152 e. The van der Waals surface area contributed by atoms with Crippen molar-refractivity contribution in [2.75, 3.05) is 16.8 Å². The Balaban J connectivity index is 2.82. The van der Waals surface area contributed by atoms with Crippen LogP contribution in [0.4, 0.5) is 5.69 Å². The van der Waals surface area contributed by atoms with Crippen molar-refractivity contribution in [2.24, 2.45) is 0 Å². The van der Waals surface area contributed by atoms with Crippen LogP contribution in [0.1, 0.15) is 19.4 Å². The van der Waals surface area contributed by atoms with Crippen LogP contribution in [0.25, 0.3) is 0 Å². The predicted octanol–water partition coefficient (Wildman–Crippen LogP) is 2.45. The molecule has 1 rings (SSSR count). The van der Waals surface area contributed by atoms with Gasteiger partial charge in [0.25, 0.3) is 0 Å². The molecule has 0 aliphatic heterocycles. The van der Waals surface area contributed by atoms with Crippen molar-refractivity contribution in [1.29, 1.82) is 5.26 Å². The lowest BCUT2D eigenvalue weighted by atomic mass is 10.2. The summed E-state index contributed by atoms with van der Waals surface area (Å²) >= 11 is 5.98. The van der Waals surface area contributed by atoms with Gasteiger partial charge in [-0.05, 0) is 25.1 Å². The first-order valence-electron chi connectivity index (χ1n) is 5.54. The van der Waals surface area contributed by atoms with Crippen LogP contribution < -0.4 is 5.32 Å². The summed E-state index contributed by atoms with van der Waals surface area (Å²) < 4.78 is 23.0. The highest BCUT2D eigenvalue weighted by Crippen LogP contribution is 2.23. The van der Waals surface area contributed by atoms with Gasteiger partial charge in [0.2, 0.25) is 0 Å². The third kappa shape index (κ3) is 4.21. The highest BCUT2D eigenvalue weighted by Gasteiger charge is 2.14. The van der Waals surface area contributed by atoms with E-state index in [-0.39, 0.29) is 17.5 Å². The lowest BCUT2D eigenvalue weighted by molar-refractivity contribution is 0.593. The number of sulfone groups is 1. The van der Waals surface area contributed by atoms with Gasteiger partial charge >= 0.3 is 0 Å². The third-order valence-corrected chi connectivity index (χ3v) is 4.66. The summed E-state index contributed by atoms with van der Waals surface area (Å²) in [6.07, 6.45) is 0. The van der Waals surface area contributed by atoms with Gasteiger partial charge in [0.15, 0.2) is 9.84 Å². The molecule has 0 saturated carbocycles. The Morgan fingerprint density at radius 1 is 1.50 bits per heavy atom. The van der Waals surface area contributed by atoms with E-state index in [4.69, 9.17) is 16.9 Å². The number of hydrogen-bond donors (Lipinski definition) is 1. The molecule has 1 aromatic carbocycles. The molecular formula is C12H15ClN2O2S. The summed E-state index contributed by atoms with van der Waals surface area (Å²) in [6.45, 7) is 3.38. The van der Waals surface area contributed by atoms with Crippen molar-refractivity contribution < 1.29 is 8.42 Å². The van der Waals surface area contributed by atoms with Gasteiger partial charge in [0, 0.05) is 11.8 Å². The number of benzene rings is 1. The van der Waals surface area contributed by atoms with Crippen molar-refractivity contribution in [1.82, 2.24) is 0 Å². The number of rotatable bonds is 5. The zero-order valence-corrected chi connectivity index (χ0v) is 11.8. The number of hydrogen-bond acceptors (Lipinski definition) is 4. The molecular weight excluding hydrogens is 272 g/mol. The Kier molecular flexibility index (Phi) is 5.00. The zero-order valence-electron chi connectivity index (χ0n) is 10.3. The predicted molar refractivity (Wildman–Crippen MR) is 73.6 cm³/mol. The van der Waals surface area contributed by atoms with E-state index >= 15 is 0 Å². The highest BCUT2D eigenvalue weighted by molar-refractivity contribution is 7.91. The van der Waals surface area contributed by atoms with Crippen molar-refractivity contribution in [3.8, 4) is 6.07 Å². The summed E-state index contributed by atoms with van der Waals surface area (Å²) in [6, 6.07) is 6.58. The fourth-order valence-electron chi connectivity index (χ4n) is 1.51. The molecule has 0 saturated heterocycles. The molecule has 0 aliphatic rings. The van der Waals surface area contributed by atoms with Gasteiger partial charge in [-0.1, -0.05) is 18.5 Å². The van der Waals surface area contributed by atoms with E-state index in [1.807, 2.05) is 6.07 Å². The van der Waals surface area contributed by atoms with Crippen molar-refractivity contribution in [3.63, 3.8) is 0 Å². The molecule has 1 atom stereocenters. The van der Waals surface area contributed by atoms with Crippen LogP contribution in [0.15, 0.2) is 18.2 Å². The Morgan fingerprint density at radius 2 is 2.17 bits per heavy atom. The molecule has 0 aromatic heterocycles. The van der Waals surface area contributed by atoms with Gasteiger partial charge in [-0.25, -0.2) is 8.42 Å². The maximum absolute atomic E-state index is 11.5. The van der Waals surface area contributed by atoms with Crippen LogP contribution in [0.3, 0.4) is 0 Å². The van der Waals surface area contributed by atoms with Crippen molar-refractivity contribution >= 4 is 27.1 Å². The van der Waals surface area contributed by atoms with Crippen LogP contribution in [0.5, 0.6) is 0 Å². The Labute approximate surface area is 112 Å². The van der Waals surface area contributed by atoms with E-state index in [1.165, 1.54) is 0 Å². The van der Waals surface area contributed by atoms with Crippen LogP contribution in [0, 0.1) is 11.3 Å². The summed E-state index contributed by atoms with van der Waals surface area (Å²) in [5.74, 6) is 0.154. The van der Waals surface area contributed by atoms with E-state index in [9.17, 15) is 8.42 Å². The molecule has 98 valence electrons. The van der Waals surface area contributed by atoms with E-state index in [1.54, 1.807) is 32.0 Å². The van der Waals surface area contributed by atoms with E-state index in [0.29, 0.717) is 16.3 Å². The summed E-state index contributed by atoms with van der Waals surface area (Å²) in [5.41, 5.74) is 1.06. The second kappa shape index (κ2) is 6.07. The van der Waals surface area contributed by atoms with Gasteiger partial charge in [-0.3, -0.25) is 0 Å². The molecule has 0 radical (unpaired) electrons. The van der Waals surface area contributed by atoms with E-state index in [2.05, 4.69) is 5.32 Å². The first kappa shape index (κ1) is 14.8. The van der Waals surface area contributed by atoms with Gasteiger partial charge in [0.1, 0.15) is 0 Å². The average molecular weight is 287 g/mol. The number of nitrogens with zero attached hydrogens (tertiary/aromatic N) is 1. The van der Waals surface area contributed by atoms with Gasteiger partial charge < -0.3 is 5.32 Å². The molecule has 4 nitrogen and oxygen atoms in total. The molecule has 0 amide bonds. The fourth-order valence-corrected chi connectivity index (χ4v) is 2.76. The molecule has 0 fully saturated rings. The van der Waals surface area contributed by atoms with Crippen molar-refractivity contribution in [3.05, 3.63) is 28.8 Å². The minimum atomic E-state index is -3.04. The monoisotopic (exact) mass is 286 g/mol. The maximum atomic E-state index is 11.5. The smallest absolute Gasteiger partial charge is 0.152 e. The van der Waals surface area contributed by atoms with Gasteiger partial charge in [-0.2, -0.15) is 5.26 Å². The van der Waals surface area contributed by atoms with E-state index < -0.39 is 9.84 Å². The Bertz CT molecular complexity index is 564. The van der Waals surface area contributed by atoms with Gasteiger partial charge in [-0.15, -0.1) is 0 Å². The first-order chi connectivity index (χ1) is 8.38. The number of nitriles is 1. The minimum Gasteiger partial charge on any atom is -0.380 e. The number of nitrogens with one attached hydrogen (secondary N) is 1. The summed E-state index contributed by atoms with van der Waals surface area (Å²) in [7, 11) is -3.04. The molecule has 0 bridgehead atoms. The summed E-state index contributed by atoms with van der Waals surface area (Å²) in [4.78, 5) is 0. The molecule has 0 spiro atoms. The van der Waals surface area contributed by atoms with Crippen LogP contribution >= 0.6 is 11.6 Å². The molecule has 18 heavy (non-hydrogen) atoms. The van der Waals surface area contributed by atoms with Crippen molar-refractivity contribution in [2.45, 2.75) is 19.9 Å². The SMILES string of the molecule is CCS(=O)(=O)CC(C)Nc1cc(C#N)ccc1Cl. The minimum absolute atomic E-state index is 0.0383. The lowest BCUT2D eigenvalue weighted by Crippen LogP contribution is -2.26. The quantitative estimate of drug-likeness (QED) is 0.902. The van der Waals surface area contributed by atoms with Gasteiger partial charge in [0.05, 0.1) is 28.1 Å². The fraction of sp³-hybridized carbons (Fsp3) is 0.417. The van der Waals surface area contributed by atoms with Crippen LogP contribution in [-0.2, 0) is 9.84 Å². The largest absolute Gasteiger partial charge is 0.380 e. The Morgan fingerprint density at radius 3 is 2.72 bits per heavy atom.